The predicted octanol–water partition coefficient (Wildman–Crippen LogP) is 2.53. The normalized spacial score (nSPS) is 20.4. The molecular weight excluding hydrogens is 352 g/mol. The highest BCUT2D eigenvalue weighted by atomic mass is 15.4. The Balaban J connectivity index is 1.48. The fourth-order valence-electron chi connectivity index (χ4n) is 3.71. The smallest absolute Gasteiger partial charge is 0.225 e. The Kier molecular flexibility index (Phi) is 5.53. The molecule has 1 unspecified atom stereocenters. The molecule has 0 saturated carbocycles. The number of rotatable bonds is 5. The monoisotopic (exact) mass is 378 g/mol. The van der Waals surface area contributed by atoms with Crippen molar-refractivity contribution in [3.05, 3.63) is 24.3 Å². The van der Waals surface area contributed by atoms with Gasteiger partial charge in [-0.1, -0.05) is 12.1 Å². The Morgan fingerprint density at radius 2 is 2.07 bits per heavy atom. The zero-order chi connectivity index (χ0) is 19.3. The van der Waals surface area contributed by atoms with Crippen LogP contribution in [0.1, 0.15) is 32.6 Å². The molecule has 3 N–H and O–H groups in total. The molecule has 1 aromatic heterocycles. The minimum atomic E-state index is 0.333. The van der Waals surface area contributed by atoms with Crippen molar-refractivity contribution in [3.63, 3.8) is 0 Å². The third-order valence-electron chi connectivity index (χ3n) is 5.25. The van der Waals surface area contributed by atoms with Crippen LogP contribution in [0, 0.1) is 11.3 Å². The van der Waals surface area contributed by atoms with Crippen LogP contribution >= 0.6 is 0 Å². The largest absolute Gasteiger partial charge is 0.351 e. The van der Waals surface area contributed by atoms with Crippen molar-refractivity contribution in [2.45, 2.75) is 44.7 Å². The van der Waals surface area contributed by atoms with Crippen LogP contribution in [0.5, 0.6) is 0 Å². The Morgan fingerprint density at radius 3 is 2.82 bits per heavy atom. The Hall–Kier alpha value is -2.92. The fraction of sp³-hybridized carbons (Fsp3) is 0.500. The number of nitrogens with one attached hydrogen (secondary N) is 3. The maximum Gasteiger partial charge on any atom is 0.225 e. The van der Waals surface area contributed by atoms with E-state index in [0.717, 1.165) is 61.5 Å². The summed E-state index contributed by atoms with van der Waals surface area (Å²) in [6.45, 7) is 4.96. The number of para-hydroxylation sites is 1. The first-order valence-corrected chi connectivity index (χ1v) is 9.93. The van der Waals surface area contributed by atoms with Gasteiger partial charge in [-0.3, -0.25) is 0 Å². The lowest BCUT2D eigenvalue weighted by Gasteiger charge is -2.31. The van der Waals surface area contributed by atoms with Crippen molar-refractivity contribution >= 4 is 28.5 Å². The summed E-state index contributed by atoms with van der Waals surface area (Å²) < 4.78 is 0. The number of nitrogens with zero attached hydrogens (tertiary/aromatic N) is 5. The van der Waals surface area contributed by atoms with Gasteiger partial charge >= 0.3 is 0 Å². The number of fused-ring (bicyclic) bond motifs is 1. The second kappa shape index (κ2) is 8.40. The molecule has 1 fully saturated rings. The standard InChI is InChI=1S/C20H26N8/c1-14-13-18(27-26-14)24-19-16-5-2-3-6-17(16)23-20(25-19)22-15-7-11-28(12-8-15)10-4-9-21/h2-3,5-6,14-15,26H,4,7-8,10-13H2,1H3,(H2,22,23,24,25,27). The summed E-state index contributed by atoms with van der Waals surface area (Å²) >= 11 is 0. The van der Waals surface area contributed by atoms with E-state index in [1.54, 1.807) is 0 Å². The number of anilines is 2. The molecule has 0 spiro atoms. The van der Waals surface area contributed by atoms with Crippen LogP contribution in [0.25, 0.3) is 10.9 Å². The predicted molar refractivity (Wildman–Crippen MR) is 111 cm³/mol. The number of amidine groups is 1. The number of aromatic nitrogens is 2. The van der Waals surface area contributed by atoms with Crippen molar-refractivity contribution in [3.8, 4) is 6.07 Å². The molecular formula is C20H26N8. The molecule has 2 aliphatic heterocycles. The van der Waals surface area contributed by atoms with E-state index in [2.05, 4.69) is 39.1 Å². The Morgan fingerprint density at radius 1 is 1.25 bits per heavy atom. The molecule has 146 valence electrons. The van der Waals surface area contributed by atoms with Gasteiger partial charge in [0, 0.05) is 49.9 Å². The van der Waals surface area contributed by atoms with Crippen molar-refractivity contribution in [1.82, 2.24) is 20.3 Å². The molecule has 3 heterocycles. The second-order valence-electron chi connectivity index (χ2n) is 7.50. The molecule has 2 aliphatic rings. The van der Waals surface area contributed by atoms with Crippen LogP contribution in [-0.4, -0.2) is 52.4 Å². The third-order valence-corrected chi connectivity index (χ3v) is 5.25. The fourth-order valence-corrected chi connectivity index (χ4v) is 3.71. The average Bonchev–Trinajstić information content (AvgIpc) is 3.12. The molecule has 4 rings (SSSR count). The van der Waals surface area contributed by atoms with Crippen molar-refractivity contribution in [2.75, 3.05) is 30.3 Å². The summed E-state index contributed by atoms with van der Waals surface area (Å²) in [5, 5.41) is 21.0. The van der Waals surface area contributed by atoms with Gasteiger partial charge in [0.25, 0.3) is 0 Å². The number of hydrogen-bond donors (Lipinski definition) is 3. The van der Waals surface area contributed by atoms with E-state index in [1.807, 2.05) is 24.3 Å². The molecule has 0 radical (unpaired) electrons. The second-order valence-corrected chi connectivity index (χ2v) is 7.50. The number of piperidine rings is 1. The summed E-state index contributed by atoms with van der Waals surface area (Å²) in [6, 6.07) is 10.9. The van der Waals surface area contributed by atoms with Crippen LogP contribution in [0.4, 0.5) is 11.8 Å². The molecule has 8 heteroatoms. The lowest BCUT2D eigenvalue weighted by atomic mass is 10.1. The van der Waals surface area contributed by atoms with Gasteiger partial charge in [-0.15, -0.1) is 0 Å². The van der Waals surface area contributed by atoms with Gasteiger partial charge in [0.05, 0.1) is 11.6 Å². The van der Waals surface area contributed by atoms with E-state index in [0.29, 0.717) is 24.5 Å². The number of likely N-dealkylation sites (tertiary alicyclic amines) is 1. The lowest BCUT2D eigenvalue weighted by molar-refractivity contribution is 0.223. The quantitative estimate of drug-likeness (QED) is 0.735. The minimum absolute atomic E-state index is 0.333. The van der Waals surface area contributed by atoms with Crippen molar-refractivity contribution in [2.24, 2.45) is 5.10 Å². The summed E-state index contributed by atoms with van der Waals surface area (Å²) in [6.07, 6.45) is 3.50. The van der Waals surface area contributed by atoms with Crippen molar-refractivity contribution in [1.29, 1.82) is 5.26 Å². The van der Waals surface area contributed by atoms with Crippen LogP contribution in [-0.2, 0) is 0 Å². The topological polar surface area (TPSA) is 101 Å². The Bertz CT molecular complexity index is 895. The molecule has 1 atom stereocenters. The summed E-state index contributed by atoms with van der Waals surface area (Å²) in [4.78, 5) is 11.8. The number of hydrazone groups is 1. The van der Waals surface area contributed by atoms with Gasteiger partial charge in [-0.25, -0.2) is 4.98 Å². The molecule has 0 aliphatic carbocycles. The van der Waals surface area contributed by atoms with Crippen molar-refractivity contribution < 1.29 is 0 Å². The Labute approximate surface area is 165 Å². The number of nitriles is 1. The van der Waals surface area contributed by atoms with E-state index < -0.39 is 0 Å². The SMILES string of the molecule is CC1CC(Nc2nc(NC3CCN(CCC#N)CC3)nc3ccccc23)=NN1. The van der Waals surface area contributed by atoms with E-state index >= 15 is 0 Å². The number of benzene rings is 1. The van der Waals surface area contributed by atoms with Gasteiger partial charge in [0.1, 0.15) is 11.7 Å². The molecule has 1 saturated heterocycles. The summed E-state index contributed by atoms with van der Waals surface area (Å²) in [7, 11) is 0. The van der Waals surface area contributed by atoms with Crippen LogP contribution in [0.3, 0.4) is 0 Å². The zero-order valence-electron chi connectivity index (χ0n) is 16.1. The maximum atomic E-state index is 8.75. The molecule has 8 nitrogen and oxygen atoms in total. The van der Waals surface area contributed by atoms with Crippen LogP contribution < -0.4 is 16.1 Å². The van der Waals surface area contributed by atoms with Gasteiger partial charge in [-0.05, 0) is 31.9 Å². The van der Waals surface area contributed by atoms with E-state index in [9.17, 15) is 0 Å². The molecule has 0 amide bonds. The van der Waals surface area contributed by atoms with Gasteiger partial charge in [0.15, 0.2) is 0 Å². The van der Waals surface area contributed by atoms with E-state index in [4.69, 9.17) is 15.2 Å². The molecule has 1 aromatic carbocycles. The van der Waals surface area contributed by atoms with Gasteiger partial charge in [0.2, 0.25) is 5.95 Å². The molecule has 28 heavy (non-hydrogen) atoms. The zero-order valence-corrected chi connectivity index (χ0v) is 16.1. The van der Waals surface area contributed by atoms with Crippen LogP contribution in [0.15, 0.2) is 29.4 Å². The highest BCUT2D eigenvalue weighted by molar-refractivity contribution is 6.02. The first-order valence-electron chi connectivity index (χ1n) is 9.93. The molecule has 0 bridgehead atoms. The van der Waals surface area contributed by atoms with Gasteiger partial charge < -0.3 is 21.0 Å². The lowest BCUT2D eigenvalue weighted by Crippen LogP contribution is -2.39. The first kappa shape index (κ1) is 18.4. The van der Waals surface area contributed by atoms with E-state index in [-0.39, 0.29) is 0 Å². The van der Waals surface area contributed by atoms with Gasteiger partial charge in [-0.2, -0.15) is 15.3 Å². The minimum Gasteiger partial charge on any atom is -0.351 e. The van der Waals surface area contributed by atoms with E-state index in [1.165, 1.54) is 0 Å². The first-order chi connectivity index (χ1) is 13.7. The summed E-state index contributed by atoms with van der Waals surface area (Å²) in [5.41, 5.74) is 3.99. The third kappa shape index (κ3) is 4.31. The van der Waals surface area contributed by atoms with Crippen LogP contribution in [0.2, 0.25) is 0 Å². The summed E-state index contributed by atoms with van der Waals surface area (Å²) in [5.74, 6) is 2.33. The average molecular weight is 378 g/mol. The highest BCUT2D eigenvalue weighted by Crippen LogP contribution is 2.24. The maximum absolute atomic E-state index is 8.75. The number of hydrogen-bond acceptors (Lipinski definition) is 8. The highest BCUT2D eigenvalue weighted by Gasteiger charge is 2.21. The molecule has 2 aromatic rings.